The van der Waals surface area contributed by atoms with Crippen molar-refractivity contribution >= 4 is 17.3 Å². The van der Waals surface area contributed by atoms with E-state index in [4.69, 9.17) is 14.5 Å². The molecule has 2 aromatic rings. The van der Waals surface area contributed by atoms with Gasteiger partial charge in [-0.2, -0.15) is 0 Å². The predicted octanol–water partition coefficient (Wildman–Crippen LogP) is 3.89. The molecule has 1 unspecified atom stereocenters. The maximum Gasteiger partial charge on any atom is 0.195 e. The van der Waals surface area contributed by atoms with Crippen LogP contribution in [-0.4, -0.2) is 46.4 Å². The minimum absolute atomic E-state index is 0.332. The number of benzene rings is 2. The molecule has 0 radical (unpaired) electrons. The maximum atomic E-state index is 13.5. The molecule has 30 heavy (non-hydrogen) atoms. The molecular weight excluding hydrogens is 390 g/mol. The number of guanidine groups is 1. The van der Waals surface area contributed by atoms with Crippen LogP contribution in [0, 0.1) is 17.6 Å². The molecule has 1 heterocycles. The molecule has 8 heteroatoms. The first-order valence-corrected chi connectivity index (χ1v) is 10.0. The van der Waals surface area contributed by atoms with E-state index in [-0.39, 0.29) is 0 Å². The van der Waals surface area contributed by atoms with Crippen molar-refractivity contribution in [2.75, 3.05) is 50.6 Å². The first-order valence-electron chi connectivity index (χ1n) is 10.0. The number of ether oxygens (including phenoxy) is 2. The molecule has 1 aliphatic heterocycles. The molecule has 2 N–H and O–H groups in total. The van der Waals surface area contributed by atoms with E-state index in [1.54, 1.807) is 20.3 Å². The molecule has 0 bridgehead atoms. The molecule has 0 aliphatic carbocycles. The second-order valence-corrected chi connectivity index (χ2v) is 7.11. The molecule has 1 atom stereocenters. The minimum Gasteiger partial charge on any atom is -0.493 e. The van der Waals surface area contributed by atoms with Gasteiger partial charge < -0.3 is 25.0 Å². The molecule has 3 rings (SSSR count). The smallest absolute Gasteiger partial charge is 0.195 e. The number of methoxy groups -OCH3 is 2. The Kier molecular flexibility index (Phi) is 7.32. The molecule has 6 nitrogen and oxygen atoms in total. The summed E-state index contributed by atoms with van der Waals surface area (Å²) in [4.78, 5) is 6.78. The van der Waals surface area contributed by atoms with Gasteiger partial charge in [0.15, 0.2) is 29.1 Å². The lowest BCUT2D eigenvalue weighted by Crippen LogP contribution is -2.31. The van der Waals surface area contributed by atoms with Crippen molar-refractivity contribution in [3.63, 3.8) is 0 Å². The van der Waals surface area contributed by atoms with Crippen molar-refractivity contribution in [1.82, 2.24) is 5.32 Å². The van der Waals surface area contributed by atoms with Crippen molar-refractivity contribution in [2.45, 2.75) is 13.3 Å². The summed E-state index contributed by atoms with van der Waals surface area (Å²) in [5, 5.41) is 6.52. The van der Waals surface area contributed by atoms with E-state index in [2.05, 4.69) is 15.5 Å². The van der Waals surface area contributed by atoms with Gasteiger partial charge in [-0.3, -0.25) is 4.99 Å². The summed E-state index contributed by atoms with van der Waals surface area (Å²) < 4.78 is 37.3. The van der Waals surface area contributed by atoms with E-state index in [0.717, 1.165) is 31.7 Å². The average Bonchev–Trinajstić information content (AvgIpc) is 3.23. The Balaban J connectivity index is 1.63. The van der Waals surface area contributed by atoms with Crippen LogP contribution < -0.4 is 25.0 Å². The van der Waals surface area contributed by atoms with Crippen LogP contribution in [0.15, 0.2) is 41.4 Å². The summed E-state index contributed by atoms with van der Waals surface area (Å²) in [6, 6.07) is 9.63. The highest BCUT2D eigenvalue weighted by Gasteiger charge is 2.23. The van der Waals surface area contributed by atoms with Gasteiger partial charge >= 0.3 is 0 Å². The lowest BCUT2D eigenvalue weighted by molar-refractivity contribution is 0.355. The normalized spacial score (nSPS) is 16.5. The van der Waals surface area contributed by atoms with Gasteiger partial charge in [-0.15, -0.1) is 0 Å². The predicted molar refractivity (Wildman–Crippen MR) is 116 cm³/mol. The van der Waals surface area contributed by atoms with E-state index < -0.39 is 11.6 Å². The summed E-state index contributed by atoms with van der Waals surface area (Å²) in [6.45, 7) is 4.91. The van der Waals surface area contributed by atoms with Crippen LogP contribution in [0.5, 0.6) is 11.5 Å². The number of anilines is 2. The molecule has 0 spiro atoms. The Morgan fingerprint density at radius 2 is 1.90 bits per heavy atom. The standard InChI is InChI=1S/C22H28F2N4O2/c1-4-25-22(27-16-5-8-20(29-2)21(11-16)30-3)26-13-15-9-10-28(14-15)17-6-7-18(23)19(24)12-17/h5-8,11-12,15H,4,9-10,13-14H2,1-3H3,(H2,25,26,27). The topological polar surface area (TPSA) is 58.1 Å². The highest BCUT2D eigenvalue weighted by atomic mass is 19.2. The van der Waals surface area contributed by atoms with E-state index in [0.29, 0.717) is 35.6 Å². The van der Waals surface area contributed by atoms with Gasteiger partial charge in [0.05, 0.1) is 14.2 Å². The van der Waals surface area contributed by atoms with Crippen molar-refractivity contribution < 1.29 is 18.3 Å². The number of hydrogen-bond acceptors (Lipinski definition) is 4. The zero-order chi connectivity index (χ0) is 21.5. The second-order valence-electron chi connectivity index (χ2n) is 7.11. The quantitative estimate of drug-likeness (QED) is 0.528. The molecule has 0 aromatic heterocycles. The van der Waals surface area contributed by atoms with Crippen molar-refractivity contribution in [1.29, 1.82) is 0 Å². The summed E-state index contributed by atoms with van der Waals surface area (Å²) in [6.07, 6.45) is 0.943. The van der Waals surface area contributed by atoms with Crippen LogP contribution in [0.3, 0.4) is 0 Å². The number of rotatable bonds is 7. The van der Waals surface area contributed by atoms with Gasteiger partial charge in [0, 0.05) is 49.7 Å². The Morgan fingerprint density at radius 3 is 2.60 bits per heavy atom. The Morgan fingerprint density at radius 1 is 1.10 bits per heavy atom. The van der Waals surface area contributed by atoms with Crippen LogP contribution in [0.1, 0.15) is 13.3 Å². The molecular formula is C22H28F2N4O2. The van der Waals surface area contributed by atoms with Crippen molar-refractivity contribution in [3.05, 3.63) is 48.0 Å². The van der Waals surface area contributed by atoms with Crippen LogP contribution in [0.2, 0.25) is 0 Å². The molecule has 0 saturated carbocycles. The number of hydrogen-bond donors (Lipinski definition) is 2. The maximum absolute atomic E-state index is 13.5. The molecule has 162 valence electrons. The van der Waals surface area contributed by atoms with Gasteiger partial charge in [-0.25, -0.2) is 8.78 Å². The highest BCUT2D eigenvalue weighted by Crippen LogP contribution is 2.30. The third-order valence-electron chi connectivity index (χ3n) is 5.05. The summed E-state index contributed by atoms with van der Waals surface area (Å²) in [7, 11) is 3.20. The zero-order valence-electron chi connectivity index (χ0n) is 17.5. The monoisotopic (exact) mass is 418 g/mol. The van der Waals surface area contributed by atoms with E-state index in [1.165, 1.54) is 12.1 Å². The number of halogens is 2. The second kappa shape index (κ2) is 10.1. The molecule has 1 aliphatic rings. The fourth-order valence-corrected chi connectivity index (χ4v) is 3.48. The third-order valence-corrected chi connectivity index (χ3v) is 5.05. The summed E-state index contributed by atoms with van der Waals surface area (Å²) in [5.74, 6) is 0.665. The van der Waals surface area contributed by atoms with Gasteiger partial charge in [0.25, 0.3) is 0 Å². The average molecular weight is 418 g/mol. The van der Waals surface area contributed by atoms with Gasteiger partial charge in [0.2, 0.25) is 0 Å². The van der Waals surface area contributed by atoms with Gasteiger partial charge in [-0.05, 0) is 43.5 Å². The number of nitrogens with one attached hydrogen (secondary N) is 2. The van der Waals surface area contributed by atoms with E-state index >= 15 is 0 Å². The van der Waals surface area contributed by atoms with Crippen LogP contribution in [0.25, 0.3) is 0 Å². The first kappa shape index (κ1) is 21.7. The number of aliphatic imine (C=N–C) groups is 1. The Bertz CT molecular complexity index is 891. The van der Waals surface area contributed by atoms with E-state index in [1.807, 2.05) is 25.1 Å². The lowest BCUT2D eigenvalue weighted by atomic mass is 10.1. The van der Waals surface area contributed by atoms with Crippen molar-refractivity contribution in [3.8, 4) is 11.5 Å². The third kappa shape index (κ3) is 5.31. The lowest BCUT2D eigenvalue weighted by Gasteiger charge is -2.19. The SMILES string of the molecule is CCNC(=NCC1CCN(c2ccc(F)c(F)c2)C1)Nc1ccc(OC)c(OC)c1. The summed E-state index contributed by atoms with van der Waals surface area (Å²) >= 11 is 0. The van der Waals surface area contributed by atoms with Gasteiger partial charge in [0.1, 0.15) is 0 Å². The molecule has 1 saturated heterocycles. The van der Waals surface area contributed by atoms with Crippen molar-refractivity contribution in [2.24, 2.45) is 10.9 Å². The number of nitrogens with zero attached hydrogens (tertiary/aromatic N) is 2. The molecule has 0 amide bonds. The Hall–Kier alpha value is -3.03. The zero-order valence-corrected chi connectivity index (χ0v) is 17.5. The van der Waals surface area contributed by atoms with Crippen LogP contribution >= 0.6 is 0 Å². The van der Waals surface area contributed by atoms with Crippen LogP contribution in [-0.2, 0) is 0 Å². The van der Waals surface area contributed by atoms with Crippen LogP contribution in [0.4, 0.5) is 20.2 Å². The largest absolute Gasteiger partial charge is 0.493 e. The summed E-state index contributed by atoms with van der Waals surface area (Å²) in [5.41, 5.74) is 1.54. The van der Waals surface area contributed by atoms with E-state index in [9.17, 15) is 8.78 Å². The fraction of sp³-hybridized carbons (Fsp3) is 0.409. The first-order chi connectivity index (χ1) is 14.5. The van der Waals surface area contributed by atoms with Gasteiger partial charge in [-0.1, -0.05) is 0 Å². The highest BCUT2D eigenvalue weighted by molar-refractivity contribution is 5.93. The molecule has 2 aromatic carbocycles. The fourth-order valence-electron chi connectivity index (χ4n) is 3.48. The minimum atomic E-state index is -0.824. The molecule has 1 fully saturated rings. The Labute approximate surface area is 175 Å².